The smallest absolute Gasteiger partial charge is 0.289 e. The minimum absolute atomic E-state index is 0.0226. The summed E-state index contributed by atoms with van der Waals surface area (Å²) in [5, 5.41) is 0. The first-order chi connectivity index (χ1) is 10.7. The fraction of sp³-hybridized carbons (Fsp3) is 0.353. The van der Waals surface area contributed by atoms with Gasteiger partial charge in [-0.2, -0.15) is 0 Å². The number of nitrogens with zero attached hydrogens (tertiary/aromatic N) is 3. The summed E-state index contributed by atoms with van der Waals surface area (Å²) in [5.74, 6) is 0.396. The summed E-state index contributed by atoms with van der Waals surface area (Å²) in [7, 11) is 4.10. The number of rotatable bonds is 3. The Morgan fingerprint density at radius 2 is 1.77 bits per heavy atom. The van der Waals surface area contributed by atoms with Gasteiger partial charge in [0.25, 0.3) is 5.91 Å². The van der Waals surface area contributed by atoms with Crippen molar-refractivity contribution in [1.82, 2.24) is 4.90 Å². The van der Waals surface area contributed by atoms with Gasteiger partial charge in [-0.3, -0.25) is 4.79 Å². The van der Waals surface area contributed by atoms with Crippen LogP contribution in [0.15, 0.2) is 47.1 Å². The van der Waals surface area contributed by atoms with Crippen LogP contribution >= 0.6 is 0 Å². The summed E-state index contributed by atoms with van der Waals surface area (Å²) in [6.45, 7) is 3.08. The molecule has 0 aliphatic carbocycles. The Morgan fingerprint density at radius 3 is 2.41 bits per heavy atom. The van der Waals surface area contributed by atoms with Gasteiger partial charge < -0.3 is 19.1 Å². The lowest BCUT2D eigenvalue weighted by molar-refractivity contribution is 0.0715. The standard InChI is InChI=1S/C17H21N3O2/c1-18(2)14-6-3-4-7-15(14)19-9-11-20(12-10-19)17(21)16-8-5-13-22-16/h3-8,13H,9-12H2,1-2H3. The molecule has 5 nitrogen and oxygen atoms in total. The van der Waals surface area contributed by atoms with Crippen molar-refractivity contribution >= 4 is 17.3 Å². The third kappa shape index (κ3) is 2.79. The molecular weight excluding hydrogens is 278 g/mol. The molecule has 0 unspecified atom stereocenters. The molecule has 1 aliphatic heterocycles. The van der Waals surface area contributed by atoms with E-state index < -0.39 is 0 Å². The SMILES string of the molecule is CN(C)c1ccccc1N1CCN(C(=O)c2ccco2)CC1. The third-order valence-corrected chi connectivity index (χ3v) is 4.00. The molecule has 116 valence electrons. The number of hydrogen-bond donors (Lipinski definition) is 0. The Hall–Kier alpha value is -2.43. The van der Waals surface area contributed by atoms with Crippen molar-refractivity contribution in [2.24, 2.45) is 0 Å². The fourth-order valence-corrected chi connectivity index (χ4v) is 2.82. The van der Waals surface area contributed by atoms with E-state index in [1.807, 2.05) is 4.90 Å². The van der Waals surface area contributed by atoms with E-state index in [4.69, 9.17) is 4.42 Å². The maximum atomic E-state index is 12.3. The average Bonchev–Trinajstić information content (AvgIpc) is 3.09. The van der Waals surface area contributed by atoms with Crippen LogP contribution < -0.4 is 9.80 Å². The number of furan rings is 1. The van der Waals surface area contributed by atoms with Gasteiger partial charge in [-0.05, 0) is 24.3 Å². The highest BCUT2D eigenvalue weighted by Gasteiger charge is 2.24. The first-order valence-corrected chi connectivity index (χ1v) is 7.51. The maximum absolute atomic E-state index is 12.3. The lowest BCUT2D eigenvalue weighted by Gasteiger charge is -2.37. The Labute approximate surface area is 130 Å². The van der Waals surface area contributed by atoms with Gasteiger partial charge in [-0.15, -0.1) is 0 Å². The second kappa shape index (κ2) is 6.13. The summed E-state index contributed by atoms with van der Waals surface area (Å²) in [5.41, 5.74) is 2.42. The van der Waals surface area contributed by atoms with E-state index in [1.165, 1.54) is 17.6 Å². The summed E-state index contributed by atoms with van der Waals surface area (Å²) >= 11 is 0. The van der Waals surface area contributed by atoms with Gasteiger partial charge in [0.15, 0.2) is 5.76 Å². The number of benzene rings is 1. The van der Waals surface area contributed by atoms with Crippen LogP contribution in [-0.4, -0.2) is 51.1 Å². The van der Waals surface area contributed by atoms with Crippen LogP contribution in [0.1, 0.15) is 10.6 Å². The van der Waals surface area contributed by atoms with E-state index in [9.17, 15) is 4.79 Å². The monoisotopic (exact) mass is 299 g/mol. The molecule has 0 atom stereocenters. The van der Waals surface area contributed by atoms with Crippen LogP contribution in [0.5, 0.6) is 0 Å². The zero-order valence-electron chi connectivity index (χ0n) is 13.0. The lowest BCUT2D eigenvalue weighted by atomic mass is 10.2. The van der Waals surface area contributed by atoms with Crippen molar-refractivity contribution in [2.75, 3.05) is 50.1 Å². The number of hydrogen-bond acceptors (Lipinski definition) is 4. The van der Waals surface area contributed by atoms with Crippen molar-refractivity contribution in [3.8, 4) is 0 Å². The second-order valence-corrected chi connectivity index (χ2v) is 5.64. The number of piperazine rings is 1. The highest BCUT2D eigenvalue weighted by molar-refractivity contribution is 5.91. The van der Waals surface area contributed by atoms with E-state index in [0.717, 1.165) is 13.1 Å². The molecule has 0 N–H and O–H groups in total. The van der Waals surface area contributed by atoms with Gasteiger partial charge in [0, 0.05) is 40.3 Å². The molecule has 5 heteroatoms. The van der Waals surface area contributed by atoms with Crippen molar-refractivity contribution in [2.45, 2.75) is 0 Å². The predicted octanol–water partition coefficient (Wildman–Crippen LogP) is 2.31. The number of anilines is 2. The first kappa shape index (κ1) is 14.5. The van der Waals surface area contributed by atoms with Gasteiger partial charge in [0.05, 0.1) is 17.6 Å². The quantitative estimate of drug-likeness (QED) is 0.872. The Kier molecular flexibility index (Phi) is 4.04. The normalized spacial score (nSPS) is 15.0. The molecule has 1 amide bonds. The van der Waals surface area contributed by atoms with Crippen LogP contribution in [0.3, 0.4) is 0 Å². The molecule has 1 aliphatic rings. The van der Waals surface area contributed by atoms with Gasteiger partial charge in [-0.25, -0.2) is 0 Å². The molecular formula is C17H21N3O2. The molecule has 2 heterocycles. The molecule has 1 aromatic carbocycles. The zero-order valence-corrected chi connectivity index (χ0v) is 13.0. The van der Waals surface area contributed by atoms with Crippen LogP contribution in [0.2, 0.25) is 0 Å². The molecule has 0 spiro atoms. The van der Waals surface area contributed by atoms with E-state index in [0.29, 0.717) is 18.8 Å². The van der Waals surface area contributed by atoms with Crippen LogP contribution in [-0.2, 0) is 0 Å². The maximum Gasteiger partial charge on any atom is 0.289 e. The molecule has 0 saturated carbocycles. The van der Waals surface area contributed by atoms with Gasteiger partial charge in [-0.1, -0.05) is 12.1 Å². The summed E-state index contributed by atoms with van der Waals surface area (Å²) in [6.07, 6.45) is 1.54. The molecule has 3 rings (SSSR count). The zero-order chi connectivity index (χ0) is 15.5. The molecule has 0 bridgehead atoms. The molecule has 22 heavy (non-hydrogen) atoms. The summed E-state index contributed by atoms with van der Waals surface area (Å²) in [6, 6.07) is 11.8. The van der Waals surface area contributed by atoms with Gasteiger partial charge >= 0.3 is 0 Å². The van der Waals surface area contributed by atoms with E-state index in [1.54, 1.807) is 12.1 Å². The molecule has 1 saturated heterocycles. The first-order valence-electron chi connectivity index (χ1n) is 7.51. The largest absolute Gasteiger partial charge is 0.459 e. The van der Waals surface area contributed by atoms with Crippen molar-refractivity contribution in [3.05, 3.63) is 48.4 Å². The Balaban J connectivity index is 1.69. The average molecular weight is 299 g/mol. The van der Waals surface area contributed by atoms with Crippen molar-refractivity contribution in [3.63, 3.8) is 0 Å². The van der Waals surface area contributed by atoms with E-state index in [-0.39, 0.29) is 5.91 Å². The van der Waals surface area contributed by atoms with E-state index in [2.05, 4.69) is 48.2 Å². The molecule has 1 aromatic heterocycles. The van der Waals surface area contributed by atoms with E-state index >= 15 is 0 Å². The fourth-order valence-electron chi connectivity index (χ4n) is 2.82. The van der Waals surface area contributed by atoms with Gasteiger partial charge in [0.1, 0.15) is 0 Å². The third-order valence-electron chi connectivity index (χ3n) is 4.00. The molecule has 1 fully saturated rings. The highest BCUT2D eigenvalue weighted by Crippen LogP contribution is 2.28. The number of para-hydroxylation sites is 2. The van der Waals surface area contributed by atoms with Crippen LogP contribution in [0.25, 0.3) is 0 Å². The van der Waals surface area contributed by atoms with Crippen molar-refractivity contribution in [1.29, 1.82) is 0 Å². The number of carbonyl (C=O) groups excluding carboxylic acids is 1. The molecule has 2 aromatic rings. The van der Waals surface area contributed by atoms with Crippen molar-refractivity contribution < 1.29 is 9.21 Å². The number of carbonyl (C=O) groups is 1. The second-order valence-electron chi connectivity index (χ2n) is 5.64. The summed E-state index contributed by atoms with van der Waals surface area (Å²) < 4.78 is 5.20. The summed E-state index contributed by atoms with van der Waals surface area (Å²) in [4.78, 5) is 18.6. The van der Waals surface area contributed by atoms with Crippen LogP contribution in [0.4, 0.5) is 11.4 Å². The highest BCUT2D eigenvalue weighted by atomic mass is 16.3. The minimum atomic E-state index is -0.0226. The predicted molar refractivity (Wildman–Crippen MR) is 87.6 cm³/mol. The Bertz CT molecular complexity index is 629. The minimum Gasteiger partial charge on any atom is -0.459 e. The Morgan fingerprint density at radius 1 is 1.05 bits per heavy atom. The lowest BCUT2D eigenvalue weighted by Crippen LogP contribution is -2.49. The molecule has 0 radical (unpaired) electrons. The van der Waals surface area contributed by atoms with Crippen LogP contribution in [0, 0.1) is 0 Å². The number of amides is 1. The van der Waals surface area contributed by atoms with Gasteiger partial charge in [0.2, 0.25) is 0 Å². The topological polar surface area (TPSA) is 39.9 Å².